The molecule has 0 radical (unpaired) electrons. The first kappa shape index (κ1) is 17.7. The summed E-state index contributed by atoms with van der Waals surface area (Å²) >= 11 is 0. The van der Waals surface area contributed by atoms with Crippen molar-refractivity contribution in [1.29, 1.82) is 0 Å². The van der Waals surface area contributed by atoms with Gasteiger partial charge in [-0.2, -0.15) is 0 Å². The fourth-order valence-electron chi connectivity index (χ4n) is 2.29. The summed E-state index contributed by atoms with van der Waals surface area (Å²) in [4.78, 5) is 13.4. The van der Waals surface area contributed by atoms with Crippen LogP contribution in [0.25, 0.3) is 0 Å². The van der Waals surface area contributed by atoms with E-state index in [9.17, 15) is 18.3 Å². The van der Waals surface area contributed by atoms with Gasteiger partial charge in [0.1, 0.15) is 0 Å². The molecule has 0 aromatic heterocycles. The molecule has 2 N–H and O–H groups in total. The van der Waals surface area contributed by atoms with Crippen molar-refractivity contribution >= 4 is 21.7 Å². The maximum atomic E-state index is 12.3. The van der Waals surface area contributed by atoms with E-state index >= 15 is 0 Å². The number of ether oxygens (including phenoxy) is 1. The first-order valence-corrected chi connectivity index (χ1v) is 8.99. The second kappa shape index (κ2) is 7.29. The Bertz CT molecular complexity index is 666. The Morgan fingerprint density at radius 2 is 2.00 bits per heavy atom. The summed E-state index contributed by atoms with van der Waals surface area (Å²) in [7, 11) is -3.72. The minimum absolute atomic E-state index is 0.0145. The Kier molecular flexibility index (Phi) is 5.61. The maximum Gasteiger partial charge on any atom is 0.337 e. The monoisotopic (exact) mass is 342 g/mol. The standard InChI is InChI=1S/C15H22N2O5S/c1-11(2)10-16-23(20,21)12-3-4-14(13(9-12)15(18)19)17-5-7-22-8-6-17/h3-4,9,11,16H,5-8,10H2,1-2H3,(H,18,19). The van der Waals surface area contributed by atoms with Crippen molar-refractivity contribution in [1.82, 2.24) is 4.72 Å². The molecule has 0 atom stereocenters. The molecule has 1 heterocycles. The van der Waals surface area contributed by atoms with Crippen molar-refractivity contribution in [3.63, 3.8) is 0 Å². The van der Waals surface area contributed by atoms with Gasteiger partial charge >= 0.3 is 5.97 Å². The van der Waals surface area contributed by atoms with Crippen LogP contribution >= 0.6 is 0 Å². The number of carbonyl (C=O) groups is 1. The molecule has 1 aliphatic heterocycles. The molecule has 1 fully saturated rings. The minimum Gasteiger partial charge on any atom is -0.478 e. The number of morpholine rings is 1. The van der Waals surface area contributed by atoms with Gasteiger partial charge in [0.25, 0.3) is 0 Å². The molecule has 8 heteroatoms. The highest BCUT2D eigenvalue weighted by atomic mass is 32.2. The molecule has 1 saturated heterocycles. The van der Waals surface area contributed by atoms with E-state index in [-0.39, 0.29) is 16.4 Å². The molecule has 1 aromatic rings. The van der Waals surface area contributed by atoms with Crippen LogP contribution in [-0.2, 0) is 14.8 Å². The number of hydrogen-bond acceptors (Lipinski definition) is 5. The predicted octanol–water partition coefficient (Wildman–Crippen LogP) is 1.16. The van der Waals surface area contributed by atoms with E-state index in [4.69, 9.17) is 4.74 Å². The molecule has 0 aliphatic carbocycles. The number of rotatable bonds is 6. The van der Waals surface area contributed by atoms with E-state index < -0.39 is 16.0 Å². The smallest absolute Gasteiger partial charge is 0.337 e. The van der Waals surface area contributed by atoms with E-state index in [1.165, 1.54) is 12.1 Å². The molecule has 0 bridgehead atoms. The van der Waals surface area contributed by atoms with Gasteiger partial charge in [0.15, 0.2) is 0 Å². The fraction of sp³-hybridized carbons (Fsp3) is 0.533. The highest BCUT2D eigenvalue weighted by Gasteiger charge is 2.22. The van der Waals surface area contributed by atoms with Gasteiger partial charge in [0.05, 0.1) is 29.4 Å². The Morgan fingerprint density at radius 3 is 2.57 bits per heavy atom. The lowest BCUT2D eigenvalue weighted by Crippen LogP contribution is -2.37. The summed E-state index contributed by atoms with van der Waals surface area (Å²) in [6.07, 6.45) is 0. The van der Waals surface area contributed by atoms with E-state index in [2.05, 4.69) is 4.72 Å². The van der Waals surface area contributed by atoms with Crippen molar-refractivity contribution in [2.45, 2.75) is 18.7 Å². The summed E-state index contributed by atoms with van der Waals surface area (Å²) in [6.45, 7) is 6.30. The van der Waals surface area contributed by atoms with Crippen molar-refractivity contribution in [3.05, 3.63) is 23.8 Å². The van der Waals surface area contributed by atoms with Crippen LogP contribution in [0.3, 0.4) is 0 Å². The summed E-state index contributed by atoms with van der Waals surface area (Å²) in [5.74, 6) is -0.983. The molecular weight excluding hydrogens is 320 g/mol. The van der Waals surface area contributed by atoms with Crippen LogP contribution < -0.4 is 9.62 Å². The predicted molar refractivity (Wildman–Crippen MR) is 86.5 cm³/mol. The number of carboxylic acids is 1. The summed E-state index contributed by atoms with van der Waals surface area (Å²) in [5.41, 5.74) is 0.503. The SMILES string of the molecule is CC(C)CNS(=O)(=O)c1ccc(N2CCOCC2)c(C(=O)O)c1. The van der Waals surface area contributed by atoms with Crippen LogP contribution in [0.4, 0.5) is 5.69 Å². The van der Waals surface area contributed by atoms with Crippen molar-refractivity contribution in [2.24, 2.45) is 5.92 Å². The lowest BCUT2D eigenvalue weighted by Gasteiger charge is -2.30. The maximum absolute atomic E-state index is 12.3. The number of hydrogen-bond donors (Lipinski definition) is 2. The van der Waals surface area contributed by atoms with Gasteiger partial charge in [0.2, 0.25) is 10.0 Å². The van der Waals surface area contributed by atoms with E-state index in [1.54, 1.807) is 6.07 Å². The number of nitrogens with one attached hydrogen (secondary N) is 1. The molecule has 1 aliphatic rings. The molecule has 2 rings (SSSR count). The Hall–Kier alpha value is -1.64. The van der Waals surface area contributed by atoms with Crippen LogP contribution in [0.15, 0.2) is 23.1 Å². The zero-order chi connectivity index (χ0) is 17.0. The van der Waals surface area contributed by atoms with E-state index in [0.717, 1.165) is 0 Å². The first-order valence-electron chi connectivity index (χ1n) is 7.51. The Balaban J connectivity index is 2.33. The number of carboxylic acid groups (broad SMARTS) is 1. The number of nitrogens with zero attached hydrogens (tertiary/aromatic N) is 1. The van der Waals surface area contributed by atoms with Crippen LogP contribution in [0.2, 0.25) is 0 Å². The van der Waals surface area contributed by atoms with Crippen LogP contribution in [0.1, 0.15) is 24.2 Å². The molecule has 7 nitrogen and oxygen atoms in total. The van der Waals surface area contributed by atoms with E-state index in [1.807, 2.05) is 18.7 Å². The van der Waals surface area contributed by atoms with Gasteiger partial charge < -0.3 is 14.7 Å². The fourth-order valence-corrected chi connectivity index (χ4v) is 3.53. The second-order valence-electron chi connectivity index (χ2n) is 5.83. The summed E-state index contributed by atoms with van der Waals surface area (Å²) < 4.78 is 32.3. The molecule has 0 unspecified atom stereocenters. The average Bonchev–Trinajstić information content (AvgIpc) is 2.53. The quantitative estimate of drug-likeness (QED) is 0.805. The zero-order valence-electron chi connectivity index (χ0n) is 13.3. The topological polar surface area (TPSA) is 95.9 Å². The number of aromatic carboxylic acids is 1. The van der Waals surface area contributed by atoms with Crippen molar-refractivity contribution in [3.8, 4) is 0 Å². The second-order valence-corrected chi connectivity index (χ2v) is 7.60. The number of sulfonamides is 1. The highest BCUT2D eigenvalue weighted by Crippen LogP contribution is 2.25. The van der Waals surface area contributed by atoms with Crippen molar-refractivity contribution < 1.29 is 23.1 Å². The Morgan fingerprint density at radius 1 is 1.35 bits per heavy atom. The lowest BCUT2D eigenvalue weighted by atomic mass is 10.1. The van der Waals surface area contributed by atoms with Gasteiger partial charge in [-0.1, -0.05) is 13.8 Å². The minimum atomic E-state index is -3.72. The largest absolute Gasteiger partial charge is 0.478 e. The third kappa shape index (κ3) is 4.43. The van der Waals surface area contributed by atoms with Crippen LogP contribution in [0, 0.1) is 5.92 Å². The Labute approximate surface area is 136 Å². The lowest BCUT2D eigenvalue weighted by molar-refractivity contribution is 0.0696. The van der Waals surface area contributed by atoms with E-state index in [0.29, 0.717) is 38.5 Å². The summed E-state index contributed by atoms with van der Waals surface area (Å²) in [5, 5.41) is 9.43. The molecular formula is C15H22N2O5S. The molecule has 128 valence electrons. The zero-order valence-corrected chi connectivity index (χ0v) is 14.1. The molecule has 0 amide bonds. The van der Waals surface area contributed by atoms with Gasteiger partial charge in [-0.3, -0.25) is 0 Å². The van der Waals surface area contributed by atoms with Gasteiger partial charge in [-0.15, -0.1) is 0 Å². The highest BCUT2D eigenvalue weighted by molar-refractivity contribution is 7.89. The molecule has 23 heavy (non-hydrogen) atoms. The molecule has 0 saturated carbocycles. The number of anilines is 1. The summed E-state index contributed by atoms with van der Waals surface area (Å²) in [6, 6.07) is 4.22. The third-order valence-corrected chi connectivity index (χ3v) is 4.96. The van der Waals surface area contributed by atoms with Gasteiger partial charge in [0, 0.05) is 19.6 Å². The van der Waals surface area contributed by atoms with Crippen molar-refractivity contribution in [2.75, 3.05) is 37.7 Å². The van der Waals surface area contributed by atoms with Gasteiger partial charge in [-0.25, -0.2) is 17.9 Å². The average molecular weight is 342 g/mol. The van der Waals surface area contributed by atoms with Crippen LogP contribution in [-0.4, -0.2) is 52.3 Å². The first-order chi connectivity index (χ1) is 10.8. The molecule has 0 spiro atoms. The third-order valence-electron chi connectivity index (χ3n) is 3.54. The van der Waals surface area contributed by atoms with Crippen LogP contribution in [0.5, 0.6) is 0 Å². The van der Waals surface area contributed by atoms with Gasteiger partial charge in [-0.05, 0) is 24.1 Å². The normalized spacial score (nSPS) is 15.9. The molecule has 1 aromatic carbocycles. The number of benzene rings is 1.